The number of nitro benzene ring substituents is 1. The maximum Gasteiger partial charge on any atom is 0.270 e. The fourth-order valence-electron chi connectivity index (χ4n) is 1.98. The lowest BCUT2D eigenvalue weighted by Crippen LogP contribution is -2.32. The summed E-state index contributed by atoms with van der Waals surface area (Å²) in [7, 11) is 0. The maximum atomic E-state index is 11.9. The van der Waals surface area contributed by atoms with Crippen LogP contribution in [0.4, 0.5) is 11.4 Å². The average molecular weight is 370 g/mol. The van der Waals surface area contributed by atoms with Crippen molar-refractivity contribution in [1.82, 2.24) is 5.32 Å². The van der Waals surface area contributed by atoms with Gasteiger partial charge in [-0.3, -0.25) is 25.0 Å². The summed E-state index contributed by atoms with van der Waals surface area (Å²) in [5.41, 5.74) is 6.42. The van der Waals surface area contributed by atoms with Crippen LogP contribution in [0.5, 0.6) is 0 Å². The monoisotopic (exact) mass is 370 g/mol. The van der Waals surface area contributed by atoms with Gasteiger partial charge in [0.05, 0.1) is 4.92 Å². The zero-order chi connectivity index (χ0) is 19.1. The first-order valence-corrected chi connectivity index (χ1v) is 7.70. The summed E-state index contributed by atoms with van der Waals surface area (Å²) in [5.74, 6) is -1.09. The molecule has 132 valence electrons. The van der Waals surface area contributed by atoms with E-state index in [0.717, 1.165) is 0 Å². The Hall–Kier alpha value is -3.59. The number of carbonyl (C=O) groups excluding carboxylic acids is 2. The summed E-state index contributed by atoms with van der Waals surface area (Å²) < 4.78 is 0. The van der Waals surface area contributed by atoms with Gasteiger partial charge in [0.15, 0.2) is 5.11 Å². The van der Waals surface area contributed by atoms with E-state index in [2.05, 4.69) is 10.6 Å². The van der Waals surface area contributed by atoms with Gasteiger partial charge in [-0.15, -0.1) is 0 Å². The van der Waals surface area contributed by atoms with Crippen molar-refractivity contribution in [3.05, 3.63) is 75.8 Å². The maximum absolute atomic E-state index is 11.9. The number of benzene rings is 2. The van der Waals surface area contributed by atoms with E-state index in [4.69, 9.17) is 18.0 Å². The molecule has 0 saturated heterocycles. The number of carbonyl (C=O) groups is 2. The molecule has 0 heterocycles. The molecule has 0 unspecified atom stereocenters. The van der Waals surface area contributed by atoms with Gasteiger partial charge in [0.25, 0.3) is 5.69 Å². The van der Waals surface area contributed by atoms with Gasteiger partial charge in [-0.2, -0.15) is 0 Å². The Balaban J connectivity index is 1.96. The van der Waals surface area contributed by atoms with E-state index >= 15 is 0 Å². The zero-order valence-corrected chi connectivity index (χ0v) is 14.2. The molecule has 9 heteroatoms. The highest BCUT2D eigenvalue weighted by molar-refractivity contribution is 7.80. The molecule has 8 nitrogen and oxygen atoms in total. The van der Waals surface area contributed by atoms with Gasteiger partial charge in [0.2, 0.25) is 11.8 Å². The number of nitrogens with one attached hydrogen (secondary N) is 2. The lowest BCUT2D eigenvalue weighted by Gasteiger charge is -2.08. The molecule has 0 bridgehead atoms. The van der Waals surface area contributed by atoms with Gasteiger partial charge < -0.3 is 11.1 Å². The van der Waals surface area contributed by atoms with Crippen LogP contribution < -0.4 is 16.4 Å². The van der Waals surface area contributed by atoms with Crippen LogP contribution in [0, 0.1) is 10.1 Å². The first kappa shape index (κ1) is 18.7. The molecule has 0 aliphatic rings. The van der Waals surface area contributed by atoms with E-state index in [-0.39, 0.29) is 10.8 Å². The molecule has 0 aliphatic carbocycles. The number of nitrogens with two attached hydrogens (primary N) is 1. The number of anilines is 1. The predicted octanol–water partition coefficient (Wildman–Crippen LogP) is 2.22. The van der Waals surface area contributed by atoms with Crippen LogP contribution >= 0.6 is 12.2 Å². The summed E-state index contributed by atoms with van der Waals surface area (Å²) in [6.45, 7) is 0. The number of hydrogen-bond donors (Lipinski definition) is 3. The number of thiocarbonyl (C=S) groups is 1. The lowest BCUT2D eigenvalue weighted by atomic mass is 10.2. The molecular weight excluding hydrogens is 356 g/mol. The molecule has 26 heavy (non-hydrogen) atoms. The van der Waals surface area contributed by atoms with Gasteiger partial charge >= 0.3 is 0 Å². The van der Waals surface area contributed by atoms with Crippen molar-refractivity contribution in [2.45, 2.75) is 0 Å². The van der Waals surface area contributed by atoms with Crippen molar-refractivity contribution in [1.29, 1.82) is 0 Å². The summed E-state index contributed by atoms with van der Waals surface area (Å²) in [4.78, 5) is 33.2. The zero-order valence-electron chi connectivity index (χ0n) is 13.3. The Bertz CT molecular complexity index is 911. The molecule has 2 aromatic rings. The summed E-state index contributed by atoms with van der Waals surface area (Å²) >= 11 is 5.02. The second-order valence-corrected chi connectivity index (χ2v) is 5.48. The first-order valence-electron chi connectivity index (χ1n) is 7.29. The summed E-state index contributed by atoms with van der Waals surface area (Å²) in [6, 6.07) is 12.2. The van der Waals surface area contributed by atoms with E-state index in [1.807, 2.05) is 0 Å². The highest BCUT2D eigenvalue weighted by Gasteiger charge is 2.06. The number of non-ortho nitro benzene ring substituents is 1. The third kappa shape index (κ3) is 5.49. The molecule has 2 amide bonds. The van der Waals surface area contributed by atoms with Crippen LogP contribution in [0.25, 0.3) is 6.08 Å². The molecule has 0 aliphatic heterocycles. The number of amides is 2. The van der Waals surface area contributed by atoms with Crippen LogP contribution in [-0.2, 0) is 4.79 Å². The lowest BCUT2D eigenvalue weighted by molar-refractivity contribution is -0.384. The molecule has 0 fully saturated rings. The molecule has 0 saturated carbocycles. The predicted molar refractivity (Wildman–Crippen MR) is 101 cm³/mol. The van der Waals surface area contributed by atoms with Gasteiger partial charge in [-0.1, -0.05) is 18.2 Å². The summed E-state index contributed by atoms with van der Waals surface area (Å²) in [5, 5.41) is 15.9. The quantitative estimate of drug-likeness (QED) is 0.320. The highest BCUT2D eigenvalue weighted by Crippen LogP contribution is 2.14. The molecule has 0 aromatic heterocycles. The number of primary amides is 1. The molecule has 0 spiro atoms. The van der Waals surface area contributed by atoms with Crippen LogP contribution in [0.3, 0.4) is 0 Å². The minimum atomic E-state index is -0.580. The van der Waals surface area contributed by atoms with Crippen molar-refractivity contribution in [2.75, 3.05) is 5.32 Å². The largest absolute Gasteiger partial charge is 0.366 e. The Kier molecular flexibility index (Phi) is 6.12. The molecule has 2 rings (SSSR count). The SMILES string of the molecule is NC(=O)c1cccc(NC(=S)NC(=O)/C=C/c2cccc([N+](=O)[O-])c2)c1. The van der Waals surface area contributed by atoms with Crippen LogP contribution in [0.1, 0.15) is 15.9 Å². The minimum Gasteiger partial charge on any atom is -0.366 e. The van der Waals surface area contributed by atoms with Crippen molar-refractivity contribution in [2.24, 2.45) is 5.73 Å². The molecule has 0 radical (unpaired) electrons. The third-order valence-electron chi connectivity index (χ3n) is 3.15. The molecule has 0 atom stereocenters. The highest BCUT2D eigenvalue weighted by atomic mass is 32.1. The Morgan fingerprint density at radius 2 is 1.88 bits per heavy atom. The van der Waals surface area contributed by atoms with E-state index in [1.165, 1.54) is 36.4 Å². The molecule has 4 N–H and O–H groups in total. The number of nitro groups is 1. The van der Waals surface area contributed by atoms with Gasteiger partial charge in [0.1, 0.15) is 0 Å². The first-order chi connectivity index (χ1) is 12.3. The van der Waals surface area contributed by atoms with Crippen molar-refractivity contribution < 1.29 is 14.5 Å². The number of rotatable bonds is 5. The second-order valence-electron chi connectivity index (χ2n) is 5.07. The van der Waals surface area contributed by atoms with Crippen molar-refractivity contribution in [3.63, 3.8) is 0 Å². The van der Waals surface area contributed by atoms with Crippen LogP contribution in [-0.4, -0.2) is 21.9 Å². The summed E-state index contributed by atoms with van der Waals surface area (Å²) in [6.07, 6.45) is 2.63. The normalized spacial score (nSPS) is 10.3. The standard InChI is InChI=1S/C17H14N4O4S/c18-16(23)12-4-2-5-13(10-12)19-17(26)20-15(22)8-7-11-3-1-6-14(9-11)21(24)25/h1-10H,(H2,18,23)(H2,19,20,22,26)/b8-7+. The number of hydrogen-bond acceptors (Lipinski definition) is 5. The van der Waals surface area contributed by atoms with E-state index in [9.17, 15) is 19.7 Å². The van der Waals surface area contributed by atoms with E-state index in [1.54, 1.807) is 24.3 Å². The third-order valence-corrected chi connectivity index (χ3v) is 3.35. The van der Waals surface area contributed by atoms with Crippen molar-refractivity contribution >= 4 is 46.6 Å². The minimum absolute atomic E-state index is 0.0281. The number of nitrogens with zero attached hydrogens (tertiary/aromatic N) is 1. The Morgan fingerprint density at radius 1 is 1.15 bits per heavy atom. The fourth-order valence-corrected chi connectivity index (χ4v) is 2.20. The van der Waals surface area contributed by atoms with Crippen LogP contribution in [0.15, 0.2) is 54.6 Å². The smallest absolute Gasteiger partial charge is 0.270 e. The van der Waals surface area contributed by atoms with E-state index < -0.39 is 16.7 Å². The molecular formula is C17H14N4O4S. The second kappa shape index (κ2) is 8.49. The Labute approximate surface area is 153 Å². The fraction of sp³-hybridized carbons (Fsp3) is 0. The van der Waals surface area contributed by atoms with Gasteiger partial charge in [-0.25, -0.2) is 0 Å². The average Bonchev–Trinajstić information content (AvgIpc) is 2.60. The van der Waals surface area contributed by atoms with Crippen molar-refractivity contribution in [3.8, 4) is 0 Å². The van der Waals surface area contributed by atoms with Gasteiger partial charge in [-0.05, 0) is 42.1 Å². The van der Waals surface area contributed by atoms with Crippen LogP contribution in [0.2, 0.25) is 0 Å². The van der Waals surface area contributed by atoms with E-state index in [0.29, 0.717) is 16.8 Å². The van der Waals surface area contributed by atoms with Gasteiger partial charge in [0, 0.05) is 29.5 Å². The topological polar surface area (TPSA) is 127 Å². The molecule has 2 aromatic carbocycles. The Morgan fingerprint density at radius 3 is 2.58 bits per heavy atom.